The molecule has 0 aliphatic rings. The number of carbonyl (C=O) groups is 3. The zero-order valence-corrected chi connectivity index (χ0v) is 13.9. The van der Waals surface area contributed by atoms with Crippen LogP contribution >= 0.6 is 0 Å². The van der Waals surface area contributed by atoms with Crippen LogP contribution in [0.2, 0.25) is 0 Å². The number of ether oxygens (including phenoxy) is 3. The molecule has 0 unspecified atom stereocenters. The molecule has 1 heterocycles. The maximum atomic E-state index is 11.6. The molecule has 1 aromatic carbocycles. The molecule has 0 saturated heterocycles. The van der Waals surface area contributed by atoms with Gasteiger partial charge in [-0.25, -0.2) is 14.4 Å². The van der Waals surface area contributed by atoms with E-state index in [-0.39, 0.29) is 11.3 Å². The molecule has 0 bridgehead atoms. The van der Waals surface area contributed by atoms with Gasteiger partial charge >= 0.3 is 17.9 Å². The highest BCUT2D eigenvalue weighted by Crippen LogP contribution is 2.24. The van der Waals surface area contributed by atoms with E-state index < -0.39 is 17.9 Å². The van der Waals surface area contributed by atoms with E-state index in [9.17, 15) is 14.4 Å². The Morgan fingerprint density at radius 3 is 1.96 bits per heavy atom. The highest BCUT2D eigenvalue weighted by molar-refractivity contribution is 6.17. The van der Waals surface area contributed by atoms with E-state index in [0.29, 0.717) is 16.9 Å². The molecule has 0 atom stereocenters. The van der Waals surface area contributed by atoms with Crippen LogP contribution in [0.1, 0.15) is 16.1 Å². The molecule has 0 amide bonds. The lowest BCUT2D eigenvalue weighted by Crippen LogP contribution is -2.15. The first kappa shape index (κ1) is 18.0. The monoisotopic (exact) mass is 344 g/mol. The average Bonchev–Trinajstić information content (AvgIpc) is 3.13. The van der Waals surface area contributed by atoms with E-state index in [2.05, 4.69) is 14.2 Å². The van der Waals surface area contributed by atoms with Gasteiger partial charge in [-0.3, -0.25) is 0 Å². The summed E-state index contributed by atoms with van der Waals surface area (Å²) in [6.45, 7) is 0. The molecule has 0 N–H and O–H groups in total. The maximum absolute atomic E-state index is 11.6. The van der Waals surface area contributed by atoms with E-state index >= 15 is 0 Å². The van der Waals surface area contributed by atoms with Crippen LogP contribution in [0.3, 0.4) is 0 Å². The second-order valence-corrected chi connectivity index (χ2v) is 4.81. The zero-order chi connectivity index (χ0) is 18.4. The number of hydrogen-bond donors (Lipinski definition) is 0. The number of hydrogen-bond acceptors (Lipinski definition) is 7. The Balaban J connectivity index is 2.29. The van der Waals surface area contributed by atoms with Crippen LogP contribution in [-0.2, 0) is 23.8 Å². The smallest absolute Gasteiger partial charge is 0.345 e. The molecule has 0 spiro atoms. The van der Waals surface area contributed by atoms with Gasteiger partial charge in [-0.2, -0.15) is 0 Å². The summed E-state index contributed by atoms with van der Waals surface area (Å²) in [5, 5.41) is 0. The van der Waals surface area contributed by atoms with Crippen molar-refractivity contribution in [1.29, 1.82) is 0 Å². The predicted octanol–water partition coefficient (Wildman–Crippen LogP) is 2.46. The standard InChI is InChI=1S/C18H16O7/c1-22-16(19)12-6-4-11(5-7-12)15-9-8-13(25-15)10-14(17(20)23-2)18(21)24-3/h4-10H,1-3H3. The van der Waals surface area contributed by atoms with Crippen molar-refractivity contribution < 1.29 is 33.0 Å². The Labute approximate surface area is 143 Å². The molecule has 7 heteroatoms. The van der Waals surface area contributed by atoms with Gasteiger partial charge in [-0.15, -0.1) is 0 Å². The molecule has 7 nitrogen and oxygen atoms in total. The number of benzene rings is 1. The lowest BCUT2D eigenvalue weighted by Gasteiger charge is -2.02. The van der Waals surface area contributed by atoms with Crippen molar-refractivity contribution in [3.63, 3.8) is 0 Å². The van der Waals surface area contributed by atoms with Gasteiger partial charge in [0.05, 0.1) is 26.9 Å². The van der Waals surface area contributed by atoms with Gasteiger partial charge in [0.2, 0.25) is 0 Å². The minimum absolute atomic E-state index is 0.276. The molecule has 25 heavy (non-hydrogen) atoms. The Kier molecular flexibility index (Phi) is 5.73. The number of methoxy groups -OCH3 is 3. The van der Waals surface area contributed by atoms with Gasteiger partial charge in [0.1, 0.15) is 17.1 Å². The van der Waals surface area contributed by atoms with Crippen LogP contribution in [0.4, 0.5) is 0 Å². The second-order valence-electron chi connectivity index (χ2n) is 4.81. The lowest BCUT2D eigenvalue weighted by molar-refractivity contribution is -0.143. The Morgan fingerprint density at radius 1 is 0.840 bits per heavy atom. The highest BCUT2D eigenvalue weighted by atomic mass is 16.5. The summed E-state index contributed by atoms with van der Waals surface area (Å²) in [5.41, 5.74) is 0.841. The Morgan fingerprint density at radius 2 is 1.44 bits per heavy atom. The molecule has 0 aliphatic heterocycles. The van der Waals surface area contributed by atoms with E-state index in [0.717, 1.165) is 14.2 Å². The maximum Gasteiger partial charge on any atom is 0.345 e. The first-order valence-electron chi connectivity index (χ1n) is 7.17. The van der Waals surface area contributed by atoms with Crippen LogP contribution in [0, 0.1) is 0 Å². The molecule has 0 aliphatic carbocycles. The summed E-state index contributed by atoms with van der Waals surface area (Å²) >= 11 is 0. The minimum atomic E-state index is -0.827. The van der Waals surface area contributed by atoms with Crippen molar-refractivity contribution in [2.75, 3.05) is 21.3 Å². The molecular formula is C18H16O7. The van der Waals surface area contributed by atoms with Gasteiger partial charge < -0.3 is 18.6 Å². The normalized spacial score (nSPS) is 9.88. The van der Waals surface area contributed by atoms with Gasteiger partial charge in [-0.1, -0.05) is 12.1 Å². The minimum Gasteiger partial charge on any atom is -0.465 e. The van der Waals surface area contributed by atoms with E-state index in [1.807, 2.05) is 0 Å². The SMILES string of the molecule is COC(=O)C(=Cc1ccc(-c2ccc(C(=O)OC)cc2)o1)C(=O)OC. The predicted molar refractivity (Wildman–Crippen MR) is 87.5 cm³/mol. The molecule has 1 aromatic heterocycles. The third-order valence-electron chi connectivity index (χ3n) is 3.31. The zero-order valence-electron chi connectivity index (χ0n) is 13.9. The van der Waals surface area contributed by atoms with Crippen LogP contribution < -0.4 is 0 Å². The van der Waals surface area contributed by atoms with Crippen molar-refractivity contribution >= 4 is 24.0 Å². The van der Waals surface area contributed by atoms with Gasteiger partial charge in [0, 0.05) is 11.6 Å². The summed E-state index contributed by atoms with van der Waals surface area (Å²) in [6.07, 6.45) is 1.24. The Bertz CT molecular complexity index is 794. The highest BCUT2D eigenvalue weighted by Gasteiger charge is 2.20. The molecule has 0 radical (unpaired) electrons. The summed E-state index contributed by atoms with van der Waals surface area (Å²) in [4.78, 5) is 34.7. The first-order valence-corrected chi connectivity index (χ1v) is 7.17. The van der Waals surface area contributed by atoms with Crippen LogP contribution in [-0.4, -0.2) is 39.2 Å². The molecule has 2 rings (SSSR count). The van der Waals surface area contributed by atoms with E-state index in [4.69, 9.17) is 4.42 Å². The average molecular weight is 344 g/mol. The van der Waals surface area contributed by atoms with Gasteiger partial charge in [0.15, 0.2) is 0 Å². The summed E-state index contributed by atoms with van der Waals surface area (Å²) < 4.78 is 19.3. The van der Waals surface area contributed by atoms with Crippen molar-refractivity contribution in [2.45, 2.75) is 0 Å². The summed E-state index contributed by atoms with van der Waals surface area (Å²) in [5.74, 6) is -1.32. The first-order chi connectivity index (χ1) is 12.0. The third-order valence-corrected chi connectivity index (χ3v) is 3.31. The van der Waals surface area contributed by atoms with Crippen molar-refractivity contribution in [1.82, 2.24) is 0 Å². The van der Waals surface area contributed by atoms with Crippen LogP contribution in [0.15, 0.2) is 46.4 Å². The largest absolute Gasteiger partial charge is 0.465 e. The molecule has 0 saturated carbocycles. The van der Waals surface area contributed by atoms with Gasteiger partial charge in [0.25, 0.3) is 0 Å². The van der Waals surface area contributed by atoms with Gasteiger partial charge in [-0.05, 0) is 24.3 Å². The van der Waals surface area contributed by atoms with Crippen LogP contribution in [0.5, 0.6) is 0 Å². The topological polar surface area (TPSA) is 92.0 Å². The van der Waals surface area contributed by atoms with E-state index in [1.54, 1.807) is 36.4 Å². The van der Waals surface area contributed by atoms with Crippen molar-refractivity contribution in [3.8, 4) is 11.3 Å². The fourth-order valence-corrected chi connectivity index (χ4v) is 2.04. The van der Waals surface area contributed by atoms with Crippen molar-refractivity contribution in [3.05, 3.63) is 53.3 Å². The summed E-state index contributed by atoms with van der Waals surface area (Å²) in [6, 6.07) is 9.86. The molecule has 2 aromatic rings. The van der Waals surface area contributed by atoms with Crippen molar-refractivity contribution in [2.24, 2.45) is 0 Å². The van der Waals surface area contributed by atoms with Crippen LogP contribution in [0.25, 0.3) is 17.4 Å². The molecule has 130 valence electrons. The fourth-order valence-electron chi connectivity index (χ4n) is 2.04. The van der Waals surface area contributed by atoms with E-state index in [1.165, 1.54) is 13.2 Å². The second kappa shape index (κ2) is 7.96. The number of rotatable bonds is 5. The molecule has 0 fully saturated rings. The summed E-state index contributed by atoms with van der Waals surface area (Å²) in [7, 11) is 3.63. The third kappa shape index (κ3) is 4.14. The fraction of sp³-hybridized carbons (Fsp3) is 0.167. The Hall–Kier alpha value is -3.35. The number of carbonyl (C=O) groups excluding carboxylic acids is 3. The molecular weight excluding hydrogens is 328 g/mol. The quantitative estimate of drug-likeness (QED) is 0.270. The lowest BCUT2D eigenvalue weighted by atomic mass is 10.1. The number of furan rings is 1. The number of esters is 3.